The van der Waals surface area contributed by atoms with E-state index in [2.05, 4.69) is 30.9 Å². The summed E-state index contributed by atoms with van der Waals surface area (Å²) >= 11 is 0. The fraction of sp³-hybridized carbons (Fsp3) is 0.875. The Hall–Kier alpha value is -0.670. The highest BCUT2D eigenvalue weighted by Crippen LogP contribution is 2.09. The van der Waals surface area contributed by atoms with Crippen LogP contribution in [0.1, 0.15) is 117 Å². The lowest BCUT2D eigenvalue weighted by Crippen LogP contribution is -2.25. The smallest absolute Gasteiger partial charge is 0.129 e. The Kier molecular flexibility index (Phi) is 26.8. The lowest BCUT2D eigenvalue weighted by Gasteiger charge is -2.09. The first-order valence-corrected chi connectivity index (χ1v) is 11.6. The summed E-state index contributed by atoms with van der Waals surface area (Å²) in [6.45, 7) is 7.89. The summed E-state index contributed by atoms with van der Waals surface area (Å²) in [5.74, 6) is 0.336. The molecule has 0 saturated carbocycles. The highest BCUT2D eigenvalue weighted by molar-refractivity contribution is 5.75. The summed E-state index contributed by atoms with van der Waals surface area (Å²) in [6, 6.07) is 0. The van der Waals surface area contributed by atoms with E-state index in [4.69, 9.17) is 5.73 Å². The fourth-order valence-corrected chi connectivity index (χ4v) is 2.92. The van der Waals surface area contributed by atoms with Gasteiger partial charge in [-0.3, -0.25) is 4.90 Å². The molecule has 0 aromatic carbocycles. The molecule has 0 aliphatic heterocycles. The van der Waals surface area contributed by atoms with Gasteiger partial charge in [-0.2, -0.15) is 0 Å². The maximum absolute atomic E-state index is 10.8. The SMILES string of the molecule is CCCCCCCC/C=C\CCCCCCCC(C)=O.CCCN(C)CN. The van der Waals surface area contributed by atoms with Crippen LogP contribution in [0.4, 0.5) is 0 Å². The molecular formula is C24H50N2O. The Morgan fingerprint density at radius 1 is 0.778 bits per heavy atom. The Bertz CT molecular complexity index is 316. The fourth-order valence-electron chi connectivity index (χ4n) is 2.92. The second-order valence-electron chi connectivity index (χ2n) is 7.80. The van der Waals surface area contributed by atoms with E-state index in [9.17, 15) is 4.79 Å². The molecule has 3 heteroatoms. The van der Waals surface area contributed by atoms with Gasteiger partial charge in [0.25, 0.3) is 0 Å². The normalized spacial score (nSPS) is 11.0. The Morgan fingerprint density at radius 3 is 1.67 bits per heavy atom. The first-order chi connectivity index (χ1) is 13.1. The average molecular weight is 383 g/mol. The van der Waals surface area contributed by atoms with E-state index in [0.717, 1.165) is 19.4 Å². The van der Waals surface area contributed by atoms with Crippen molar-refractivity contribution in [3.8, 4) is 0 Å². The maximum atomic E-state index is 10.8. The molecule has 162 valence electrons. The quantitative estimate of drug-likeness (QED) is 0.160. The van der Waals surface area contributed by atoms with E-state index in [1.165, 1.54) is 83.5 Å². The molecule has 0 heterocycles. The number of hydrogen-bond acceptors (Lipinski definition) is 3. The van der Waals surface area contributed by atoms with Crippen molar-refractivity contribution in [2.45, 2.75) is 117 Å². The van der Waals surface area contributed by atoms with Crippen LogP contribution in [0.2, 0.25) is 0 Å². The average Bonchev–Trinajstić information content (AvgIpc) is 2.65. The van der Waals surface area contributed by atoms with Crippen LogP contribution in [0.15, 0.2) is 12.2 Å². The molecule has 0 aliphatic rings. The van der Waals surface area contributed by atoms with Gasteiger partial charge in [-0.15, -0.1) is 0 Å². The third-order valence-corrected chi connectivity index (χ3v) is 4.71. The first kappa shape index (κ1) is 28.5. The Balaban J connectivity index is 0. The van der Waals surface area contributed by atoms with Gasteiger partial charge in [-0.1, -0.05) is 77.4 Å². The number of carbonyl (C=O) groups is 1. The highest BCUT2D eigenvalue weighted by Gasteiger charge is 1.94. The highest BCUT2D eigenvalue weighted by atomic mass is 16.1. The topological polar surface area (TPSA) is 46.3 Å². The van der Waals surface area contributed by atoms with Crippen LogP contribution in [0.5, 0.6) is 0 Å². The van der Waals surface area contributed by atoms with Crippen LogP contribution in [-0.4, -0.2) is 30.9 Å². The molecule has 0 atom stereocenters. The van der Waals surface area contributed by atoms with E-state index in [1.807, 2.05) is 7.05 Å². The number of ketones is 1. The largest absolute Gasteiger partial charge is 0.318 e. The van der Waals surface area contributed by atoms with Gasteiger partial charge in [0.05, 0.1) is 0 Å². The summed E-state index contributed by atoms with van der Waals surface area (Å²) in [4.78, 5) is 12.9. The van der Waals surface area contributed by atoms with Crippen molar-refractivity contribution in [3.63, 3.8) is 0 Å². The van der Waals surface area contributed by atoms with Gasteiger partial charge in [0.1, 0.15) is 5.78 Å². The van der Waals surface area contributed by atoms with Gasteiger partial charge in [0.15, 0.2) is 0 Å². The number of unbranched alkanes of at least 4 members (excludes halogenated alkanes) is 11. The van der Waals surface area contributed by atoms with Gasteiger partial charge >= 0.3 is 0 Å². The van der Waals surface area contributed by atoms with Gasteiger partial charge in [-0.25, -0.2) is 0 Å². The van der Waals surface area contributed by atoms with Crippen molar-refractivity contribution in [2.75, 3.05) is 20.3 Å². The van der Waals surface area contributed by atoms with Crippen molar-refractivity contribution >= 4 is 5.78 Å². The van der Waals surface area contributed by atoms with E-state index < -0.39 is 0 Å². The standard InChI is InChI=1S/C19H36O.C5H14N2/c1-3-4-5-6-7-8-9-10-11-12-13-14-15-16-17-18-19(2)20;1-3-4-7(2)5-6/h10-11H,3-9,12-18H2,1-2H3;3-6H2,1-2H3/b11-10-;. The minimum absolute atomic E-state index is 0.336. The molecule has 0 aromatic heterocycles. The number of allylic oxidation sites excluding steroid dienone is 2. The molecule has 2 N–H and O–H groups in total. The van der Waals surface area contributed by atoms with Crippen LogP contribution < -0.4 is 5.73 Å². The lowest BCUT2D eigenvalue weighted by molar-refractivity contribution is -0.117. The molecule has 0 fully saturated rings. The van der Waals surface area contributed by atoms with Crippen LogP contribution in [0.25, 0.3) is 0 Å². The molecule has 0 amide bonds. The van der Waals surface area contributed by atoms with Crippen LogP contribution >= 0.6 is 0 Å². The minimum atomic E-state index is 0.336. The van der Waals surface area contributed by atoms with Gasteiger partial charge < -0.3 is 10.5 Å². The third-order valence-electron chi connectivity index (χ3n) is 4.71. The molecule has 0 spiro atoms. The molecule has 0 aromatic rings. The number of nitrogens with zero attached hydrogens (tertiary/aromatic N) is 1. The van der Waals surface area contributed by atoms with Crippen molar-refractivity contribution in [2.24, 2.45) is 5.73 Å². The van der Waals surface area contributed by atoms with E-state index >= 15 is 0 Å². The zero-order chi connectivity index (χ0) is 20.6. The zero-order valence-electron chi connectivity index (χ0n) is 19.1. The summed E-state index contributed by atoms with van der Waals surface area (Å²) in [5, 5.41) is 0. The number of rotatable bonds is 18. The third kappa shape index (κ3) is 30.3. The predicted molar refractivity (Wildman–Crippen MR) is 122 cm³/mol. The van der Waals surface area contributed by atoms with E-state index in [0.29, 0.717) is 12.5 Å². The molecule has 0 saturated heterocycles. The molecule has 0 bridgehead atoms. The molecule has 3 nitrogen and oxygen atoms in total. The monoisotopic (exact) mass is 382 g/mol. The second-order valence-corrected chi connectivity index (χ2v) is 7.80. The van der Waals surface area contributed by atoms with Gasteiger partial charge in [-0.05, 0) is 59.0 Å². The number of Topliss-reactive ketones (excluding diaryl/α,β-unsaturated/α-hetero) is 1. The van der Waals surface area contributed by atoms with Crippen molar-refractivity contribution in [1.29, 1.82) is 0 Å². The molecule has 0 rings (SSSR count). The summed E-state index contributed by atoms with van der Waals surface area (Å²) < 4.78 is 0. The number of nitrogens with two attached hydrogens (primary N) is 1. The second kappa shape index (κ2) is 25.3. The Labute approximate surface area is 171 Å². The van der Waals surface area contributed by atoms with Gasteiger partial charge in [0.2, 0.25) is 0 Å². The molecular weight excluding hydrogens is 332 g/mol. The number of carbonyl (C=O) groups excluding carboxylic acids is 1. The first-order valence-electron chi connectivity index (χ1n) is 11.6. The predicted octanol–water partition coefficient (Wildman–Crippen LogP) is 6.86. The summed E-state index contributed by atoms with van der Waals surface area (Å²) in [6.07, 6.45) is 23.8. The van der Waals surface area contributed by atoms with Crippen LogP contribution in [-0.2, 0) is 4.79 Å². The molecule has 0 unspecified atom stereocenters. The van der Waals surface area contributed by atoms with Crippen molar-refractivity contribution in [1.82, 2.24) is 4.90 Å². The summed E-state index contributed by atoms with van der Waals surface area (Å²) in [5.41, 5.74) is 5.28. The molecule has 27 heavy (non-hydrogen) atoms. The van der Waals surface area contributed by atoms with Gasteiger partial charge in [0, 0.05) is 13.1 Å². The van der Waals surface area contributed by atoms with Crippen molar-refractivity contribution in [3.05, 3.63) is 12.2 Å². The molecule has 0 radical (unpaired) electrons. The van der Waals surface area contributed by atoms with E-state index in [1.54, 1.807) is 6.92 Å². The molecule has 0 aliphatic carbocycles. The lowest BCUT2D eigenvalue weighted by atomic mass is 10.1. The number of hydrogen-bond donors (Lipinski definition) is 1. The van der Waals surface area contributed by atoms with Crippen LogP contribution in [0.3, 0.4) is 0 Å². The Morgan fingerprint density at radius 2 is 1.26 bits per heavy atom. The summed E-state index contributed by atoms with van der Waals surface area (Å²) in [7, 11) is 2.02. The van der Waals surface area contributed by atoms with Crippen molar-refractivity contribution < 1.29 is 4.79 Å². The maximum Gasteiger partial charge on any atom is 0.129 e. The van der Waals surface area contributed by atoms with Crippen LogP contribution in [0, 0.1) is 0 Å². The zero-order valence-corrected chi connectivity index (χ0v) is 19.1. The minimum Gasteiger partial charge on any atom is -0.318 e. The van der Waals surface area contributed by atoms with E-state index in [-0.39, 0.29) is 0 Å².